The highest BCUT2D eigenvalue weighted by molar-refractivity contribution is 7.98. The Hall–Kier alpha value is -3.07. The van der Waals surface area contributed by atoms with Gasteiger partial charge >= 0.3 is 11.9 Å². The molecule has 1 aliphatic carbocycles. The van der Waals surface area contributed by atoms with Crippen LogP contribution in [0.3, 0.4) is 0 Å². The molecule has 0 heterocycles. The number of hydrogen-bond acceptors (Lipinski definition) is 5. The molecule has 33 heavy (non-hydrogen) atoms. The van der Waals surface area contributed by atoms with Gasteiger partial charge in [0.15, 0.2) is 0 Å². The van der Waals surface area contributed by atoms with Gasteiger partial charge in [0.25, 0.3) is 0 Å². The first-order valence-corrected chi connectivity index (χ1v) is 12.2. The second kappa shape index (κ2) is 11.2. The van der Waals surface area contributed by atoms with Crippen LogP contribution in [0.5, 0.6) is 0 Å². The van der Waals surface area contributed by atoms with E-state index in [0.717, 1.165) is 10.8 Å². The van der Waals surface area contributed by atoms with Gasteiger partial charge in [0.2, 0.25) is 11.8 Å². The minimum atomic E-state index is -1.10. The first-order chi connectivity index (χ1) is 15.8. The standard InChI is InChI=1S/C24H28N2O6S/c1-33-9-8-20(22(28)25-19-7-6-14-4-2-3-5-15(14)13-19)26-21(27)16-10-17(23(29)30)12-18(11-16)24(31)32/h2-7,13,16-18,20H,8-12H2,1H3,(H,25,28)(H,26,27)(H,29,30)(H,31,32)/t16-,17+,18-,20-/m0/s1. The normalized spacial score (nSPS) is 21.2. The van der Waals surface area contributed by atoms with Crippen molar-refractivity contribution < 1.29 is 29.4 Å². The molecule has 0 bridgehead atoms. The van der Waals surface area contributed by atoms with Gasteiger partial charge in [-0.1, -0.05) is 30.3 Å². The smallest absolute Gasteiger partial charge is 0.306 e. The highest BCUT2D eigenvalue weighted by Gasteiger charge is 2.39. The Balaban J connectivity index is 1.71. The lowest BCUT2D eigenvalue weighted by atomic mass is 9.74. The van der Waals surface area contributed by atoms with Crippen LogP contribution in [0.4, 0.5) is 5.69 Å². The minimum absolute atomic E-state index is 0.00675. The molecule has 8 nitrogen and oxygen atoms in total. The van der Waals surface area contributed by atoms with E-state index < -0.39 is 41.6 Å². The van der Waals surface area contributed by atoms with Crippen LogP contribution < -0.4 is 10.6 Å². The second-order valence-electron chi connectivity index (χ2n) is 8.37. The minimum Gasteiger partial charge on any atom is -0.481 e. The predicted molar refractivity (Wildman–Crippen MR) is 127 cm³/mol. The second-order valence-corrected chi connectivity index (χ2v) is 9.35. The summed E-state index contributed by atoms with van der Waals surface area (Å²) in [5.74, 6) is -4.99. The number of rotatable bonds is 9. The van der Waals surface area contributed by atoms with E-state index in [4.69, 9.17) is 0 Å². The third-order valence-electron chi connectivity index (χ3n) is 6.04. The number of nitrogens with one attached hydrogen (secondary N) is 2. The molecular formula is C24H28N2O6S. The number of aliphatic carboxylic acids is 2. The van der Waals surface area contributed by atoms with Crippen molar-refractivity contribution in [3.63, 3.8) is 0 Å². The van der Waals surface area contributed by atoms with Crippen LogP contribution in [0.25, 0.3) is 10.8 Å². The van der Waals surface area contributed by atoms with Gasteiger partial charge < -0.3 is 20.8 Å². The molecule has 4 N–H and O–H groups in total. The first kappa shape index (κ1) is 24.6. The lowest BCUT2D eigenvalue weighted by Crippen LogP contribution is -2.48. The summed E-state index contributed by atoms with van der Waals surface area (Å²) in [5, 5.41) is 26.4. The summed E-state index contributed by atoms with van der Waals surface area (Å²) < 4.78 is 0. The van der Waals surface area contributed by atoms with Gasteiger partial charge in [-0.2, -0.15) is 11.8 Å². The number of anilines is 1. The summed E-state index contributed by atoms with van der Waals surface area (Å²) in [4.78, 5) is 48.9. The number of amides is 2. The fraction of sp³-hybridized carbons (Fsp3) is 0.417. The number of carboxylic acids is 2. The molecule has 2 aromatic carbocycles. The van der Waals surface area contributed by atoms with Gasteiger partial charge in [-0.05, 0) is 60.6 Å². The van der Waals surface area contributed by atoms with E-state index in [2.05, 4.69) is 10.6 Å². The van der Waals surface area contributed by atoms with Crippen LogP contribution in [0, 0.1) is 17.8 Å². The molecule has 0 aliphatic heterocycles. The molecule has 1 fully saturated rings. The number of benzene rings is 2. The van der Waals surface area contributed by atoms with Crippen molar-refractivity contribution in [2.45, 2.75) is 31.7 Å². The fourth-order valence-electron chi connectivity index (χ4n) is 4.23. The van der Waals surface area contributed by atoms with Gasteiger partial charge in [0.1, 0.15) is 6.04 Å². The molecule has 0 unspecified atom stereocenters. The number of thioether (sulfide) groups is 1. The van der Waals surface area contributed by atoms with Crippen molar-refractivity contribution in [1.29, 1.82) is 0 Å². The summed E-state index contributed by atoms with van der Waals surface area (Å²) in [6, 6.07) is 12.5. The third kappa shape index (κ3) is 6.47. The monoisotopic (exact) mass is 472 g/mol. The van der Waals surface area contributed by atoms with E-state index in [1.165, 1.54) is 0 Å². The molecule has 0 radical (unpaired) electrons. The number of carboxylic acid groups (broad SMARTS) is 2. The van der Waals surface area contributed by atoms with Gasteiger partial charge in [0, 0.05) is 11.6 Å². The van der Waals surface area contributed by atoms with Crippen molar-refractivity contribution in [3.05, 3.63) is 42.5 Å². The number of hydrogen-bond donors (Lipinski definition) is 4. The lowest BCUT2D eigenvalue weighted by molar-refractivity contribution is -0.150. The Kier molecular flexibility index (Phi) is 8.32. The zero-order chi connectivity index (χ0) is 24.0. The van der Waals surface area contributed by atoms with Gasteiger partial charge in [-0.25, -0.2) is 0 Å². The average molecular weight is 473 g/mol. The van der Waals surface area contributed by atoms with Crippen molar-refractivity contribution in [3.8, 4) is 0 Å². The van der Waals surface area contributed by atoms with Crippen LogP contribution in [-0.2, 0) is 19.2 Å². The van der Waals surface area contributed by atoms with Crippen LogP contribution in [0.15, 0.2) is 42.5 Å². The molecule has 0 saturated heterocycles. The molecule has 1 saturated carbocycles. The molecule has 9 heteroatoms. The SMILES string of the molecule is CSCC[C@H](NC(=O)[C@@H]1C[C@H](C(=O)O)C[C@H](C(=O)O)C1)C(=O)Nc1ccc2ccccc2c1. The number of carbonyl (C=O) groups excluding carboxylic acids is 2. The summed E-state index contributed by atoms with van der Waals surface area (Å²) >= 11 is 1.54. The maximum atomic E-state index is 13.0. The lowest BCUT2D eigenvalue weighted by Gasteiger charge is -2.31. The van der Waals surface area contributed by atoms with Crippen molar-refractivity contribution in [1.82, 2.24) is 5.32 Å². The largest absolute Gasteiger partial charge is 0.481 e. The van der Waals surface area contributed by atoms with Gasteiger partial charge in [-0.3, -0.25) is 19.2 Å². The summed E-state index contributed by atoms with van der Waals surface area (Å²) in [7, 11) is 0. The highest BCUT2D eigenvalue weighted by Crippen LogP contribution is 2.34. The van der Waals surface area contributed by atoms with E-state index in [1.54, 1.807) is 17.8 Å². The van der Waals surface area contributed by atoms with Crippen LogP contribution in [-0.4, -0.2) is 52.0 Å². The molecule has 3 rings (SSSR count). The molecule has 2 amide bonds. The van der Waals surface area contributed by atoms with Gasteiger partial charge in [0.05, 0.1) is 11.8 Å². The van der Waals surface area contributed by atoms with E-state index in [1.807, 2.05) is 42.7 Å². The zero-order valence-electron chi connectivity index (χ0n) is 18.3. The Labute approximate surface area is 196 Å². The van der Waals surface area contributed by atoms with E-state index in [9.17, 15) is 29.4 Å². The fourth-order valence-corrected chi connectivity index (χ4v) is 4.70. The van der Waals surface area contributed by atoms with Crippen molar-refractivity contribution in [2.75, 3.05) is 17.3 Å². The molecule has 0 aromatic heterocycles. The maximum absolute atomic E-state index is 13.0. The zero-order valence-corrected chi connectivity index (χ0v) is 19.1. The van der Waals surface area contributed by atoms with E-state index in [0.29, 0.717) is 17.9 Å². The Morgan fingerprint density at radius 3 is 2.15 bits per heavy atom. The quantitative estimate of drug-likeness (QED) is 0.440. The average Bonchev–Trinajstić information content (AvgIpc) is 2.81. The summed E-state index contributed by atoms with van der Waals surface area (Å²) in [5.41, 5.74) is 0.608. The Morgan fingerprint density at radius 2 is 1.55 bits per heavy atom. The predicted octanol–water partition coefficient (Wildman–Crippen LogP) is 3.22. The molecule has 2 aromatic rings. The topological polar surface area (TPSA) is 133 Å². The third-order valence-corrected chi connectivity index (χ3v) is 6.68. The molecule has 4 atom stereocenters. The first-order valence-electron chi connectivity index (χ1n) is 10.8. The van der Waals surface area contributed by atoms with E-state index in [-0.39, 0.29) is 25.2 Å². The maximum Gasteiger partial charge on any atom is 0.306 e. The van der Waals surface area contributed by atoms with Crippen molar-refractivity contribution >= 4 is 52.0 Å². The van der Waals surface area contributed by atoms with Crippen LogP contribution in [0.1, 0.15) is 25.7 Å². The van der Waals surface area contributed by atoms with Crippen molar-refractivity contribution in [2.24, 2.45) is 17.8 Å². The van der Waals surface area contributed by atoms with E-state index >= 15 is 0 Å². The van der Waals surface area contributed by atoms with Crippen LogP contribution >= 0.6 is 11.8 Å². The summed E-state index contributed by atoms with van der Waals surface area (Å²) in [6.07, 6.45) is 2.42. The van der Waals surface area contributed by atoms with Gasteiger partial charge in [-0.15, -0.1) is 0 Å². The molecule has 176 valence electrons. The number of fused-ring (bicyclic) bond motifs is 1. The highest BCUT2D eigenvalue weighted by atomic mass is 32.2. The van der Waals surface area contributed by atoms with Crippen LogP contribution in [0.2, 0.25) is 0 Å². The molecule has 1 aliphatic rings. The number of carbonyl (C=O) groups is 4. The Bertz CT molecular complexity index is 1020. The summed E-state index contributed by atoms with van der Waals surface area (Å²) in [6.45, 7) is 0. The molecular weight excluding hydrogens is 444 g/mol. The Morgan fingerprint density at radius 1 is 0.939 bits per heavy atom. The molecule has 0 spiro atoms.